The number of rotatable bonds is 8. The van der Waals surface area contributed by atoms with Gasteiger partial charge in [-0.3, -0.25) is 4.72 Å². The molecule has 0 atom stereocenters. The molecule has 1 aliphatic carbocycles. The van der Waals surface area contributed by atoms with Crippen molar-refractivity contribution in [3.8, 4) is 21.8 Å². The van der Waals surface area contributed by atoms with Gasteiger partial charge in [0.2, 0.25) is 5.95 Å². The number of hydrogen-bond donors (Lipinski definition) is 2. The lowest BCUT2D eigenvalue weighted by Crippen LogP contribution is -2.32. The highest BCUT2D eigenvalue weighted by atomic mass is 32.2. The van der Waals surface area contributed by atoms with Gasteiger partial charge in [-0.15, -0.1) is 11.3 Å². The zero-order valence-corrected chi connectivity index (χ0v) is 27.1. The van der Waals surface area contributed by atoms with Crippen LogP contribution in [-0.2, 0) is 31.5 Å². The van der Waals surface area contributed by atoms with Gasteiger partial charge >= 0.3 is 12.4 Å². The van der Waals surface area contributed by atoms with E-state index in [0.29, 0.717) is 29.5 Å². The van der Waals surface area contributed by atoms with E-state index in [9.17, 15) is 47.6 Å². The van der Waals surface area contributed by atoms with Crippen molar-refractivity contribution in [1.29, 1.82) is 0 Å². The predicted octanol–water partition coefficient (Wildman–Crippen LogP) is 6.95. The minimum absolute atomic E-state index is 0.00390. The summed E-state index contributed by atoms with van der Waals surface area (Å²) >= 11 is 0.581. The first kappa shape index (κ1) is 34.9. The van der Waals surface area contributed by atoms with Crippen LogP contribution < -0.4 is 10.0 Å². The standard InChI is InChI=1S/C29H23F8N5O4S3/c30-18-5-2-4-17(28(32,33)34)24(18)49(45,46)42-19-6-1-3-16(21(19)31)22-23(47-25(41-22)27(10-11-27)29(35,36)37)20-7-12-38-26(40-20)39-15-8-13-48(43,44)14-9-15/h1-7,12,15,42H,8-11,13-14H2,(H,38,39,40). The highest BCUT2D eigenvalue weighted by molar-refractivity contribution is 7.92. The summed E-state index contributed by atoms with van der Waals surface area (Å²) in [5.74, 6) is -3.30. The van der Waals surface area contributed by atoms with Crippen molar-refractivity contribution < 1.29 is 52.0 Å². The maximum Gasteiger partial charge on any atom is 0.417 e. The molecule has 2 aromatic heterocycles. The largest absolute Gasteiger partial charge is 0.417 e. The van der Waals surface area contributed by atoms with Crippen molar-refractivity contribution in [1.82, 2.24) is 15.0 Å². The van der Waals surface area contributed by atoms with Crippen LogP contribution >= 0.6 is 11.3 Å². The SMILES string of the molecule is O=S1(=O)CCC(Nc2nccc(-c3sc(C4(C(F)(F)F)CC4)nc3-c3cccc(NS(=O)(=O)c4c(F)cccc4C(F)(F)F)c3F)n2)CC1. The molecular formula is C29H23F8N5O4S3. The number of thiazole rings is 1. The quantitative estimate of drug-likeness (QED) is 0.185. The van der Waals surface area contributed by atoms with Gasteiger partial charge in [-0.1, -0.05) is 12.1 Å². The van der Waals surface area contributed by atoms with Crippen molar-refractivity contribution >= 4 is 42.8 Å². The molecule has 2 N–H and O–H groups in total. The second-order valence-electron chi connectivity index (χ2n) is 11.5. The van der Waals surface area contributed by atoms with Crippen LogP contribution in [0.5, 0.6) is 0 Å². The lowest BCUT2D eigenvalue weighted by atomic mass is 10.1. The topological polar surface area (TPSA) is 131 Å². The number of nitrogens with one attached hydrogen (secondary N) is 2. The Labute approximate surface area is 277 Å². The Kier molecular flexibility index (Phi) is 8.66. The monoisotopic (exact) mass is 753 g/mol. The molecule has 0 unspecified atom stereocenters. The number of nitrogens with zero attached hydrogens (tertiary/aromatic N) is 3. The van der Waals surface area contributed by atoms with E-state index < -0.39 is 76.0 Å². The van der Waals surface area contributed by atoms with Crippen molar-refractivity contribution in [2.45, 2.75) is 54.4 Å². The zero-order chi connectivity index (χ0) is 35.6. The van der Waals surface area contributed by atoms with Gasteiger partial charge in [0.05, 0.1) is 39.0 Å². The number of aromatic nitrogens is 3. The maximum absolute atomic E-state index is 16.1. The molecular weight excluding hydrogens is 731 g/mol. The minimum atomic E-state index is -5.41. The van der Waals surface area contributed by atoms with Gasteiger partial charge < -0.3 is 5.32 Å². The van der Waals surface area contributed by atoms with Gasteiger partial charge in [-0.25, -0.2) is 40.6 Å². The average Bonchev–Trinajstić information content (AvgIpc) is 3.72. The van der Waals surface area contributed by atoms with E-state index in [1.165, 1.54) is 12.3 Å². The molecule has 3 heterocycles. The van der Waals surface area contributed by atoms with Crippen LogP contribution in [0.4, 0.5) is 46.8 Å². The normalized spacial score (nSPS) is 17.9. The molecule has 2 fully saturated rings. The summed E-state index contributed by atoms with van der Waals surface area (Å²) in [6, 6.07) is 5.48. The molecule has 1 aliphatic heterocycles. The molecule has 6 rings (SSSR count). The number of sulfone groups is 1. The van der Waals surface area contributed by atoms with Crippen LogP contribution in [0, 0.1) is 11.6 Å². The lowest BCUT2D eigenvalue weighted by Gasteiger charge is -2.23. The smallest absolute Gasteiger partial charge is 0.351 e. The molecule has 0 spiro atoms. The van der Waals surface area contributed by atoms with Crippen molar-refractivity contribution in [3.05, 3.63) is 70.9 Å². The van der Waals surface area contributed by atoms with Crippen LogP contribution in [-0.4, -0.2) is 55.5 Å². The number of benzene rings is 2. The molecule has 0 bridgehead atoms. The van der Waals surface area contributed by atoms with Gasteiger partial charge in [-0.05, 0) is 56.0 Å². The summed E-state index contributed by atoms with van der Waals surface area (Å²) in [6.07, 6.45) is -8.82. The Balaban J connectivity index is 1.42. The Bertz CT molecular complexity index is 2140. The summed E-state index contributed by atoms with van der Waals surface area (Å²) in [5.41, 5.74) is -5.98. The third kappa shape index (κ3) is 6.81. The van der Waals surface area contributed by atoms with E-state index in [0.717, 1.165) is 18.2 Å². The lowest BCUT2D eigenvalue weighted by molar-refractivity contribution is -0.160. The molecule has 262 valence electrons. The van der Waals surface area contributed by atoms with E-state index >= 15 is 4.39 Å². The number of alkyl halides is 6. The minimum Gasteiger partial charge on any atom is -0.351 e. The van der Waals surface area contributed by atoms with E-state index in [4.69, 9.17) is 0 Å². The van der Waals surface area contributed by atoms with Gasteiger partial charge in [-0.2, -0.15) is 26.3 Å². The first-order valence-electron chi connectivity index (χ1n) is 14.4. The molecule has 0 radical (unpaired) electrons. The molecule has 0 amide bonds. The first-order chi connectivity index (χ1) is 22.8. The van der Waals surface area contributed by atoms with Crippen LogP contribution in [0.2, 0.25) is 0 Å². The Morgan fingerprint density at radius 2 is 1.59 bits per heavy atom. The fraction of sp³-hybridized carbons (Fsp3) is 0.345. The van der Waals surface area contributed by atoms with Crippen molar-refractivity contribution in [3.63, 3.8) is 0 Å². The fourth-order valence-electron chi connectivity index (χ4n) is 5.39. The number of halogens is 8. The first-order valence-corrected chi connectivity index (χ1v) is 18.5. The molecule has 2 aliphatic rings. The van der Waals surface area contributed by atoms with Crippen molar-refractivity contribution in [2.24, 2.45) is 0 Å². The summed E-state index contributed by atoms with van der Waals surface area (Å²) in [6.45, 7) is 0. The average molecular weight is 754 g/mol. The Hall–Kier alpha value is -3.91. The number of anilines is 2. The maximum atomic E-state index is 16.1. The second kappa shape index (κ2) is 12.1. The third-order valence-corrected chi connectivity index (χ3v) is 12.6. The molecule has 4 aromatic rings. The van der Waals surface area contributed by atoms with Crippen LogP contribution in [0.25, 0.3) is 21.8 Å². The molecule has 1 saturated heterocycles. The van der Waals surface area contributed by atoms with E-state index in [1.54, 1.807) is 4.72 Å². The molecule has 20 heteroatoms. The summed E-state index contributed by atoms with van der Waals surface area (Å²) in [5, 5.41) is 2.58. The Morgan fingerprint density at radius 1 is 0.918 bits per heavy atom. The fourth-order valence-corrected chi connectivity index (χ4v) is 9.55. The van der Waals surface area contributed by atoms with Crippen molar-refractivity contribution in [2.75, 3.05) is 21.5 Å². The molecule has 2 aromatic carbocycles. The second-order valence-corrected chi connectivity index (χ2v) is 16.4. The van der Waals surface area contributed by atoms with Gasteiger partial charge in [0.25, 0.3) is 10.0 Å². The predicted molar refractivity (Wildman–Crippen MR) is 163 cm³/mol. The third-order valence-electron chi connectivity index (χ3n) is 8.14. The van der Waals surface area contributed by atoms with E-state index in [1.807, 2.05) is 0 Å². The molecule has 9 nitrogen and oxygen atoms in total. The van der Waals surface area contributed by atoms with Gasteiger partial charge in [0.1, 0.15) is 31.0 Å². The van der Waals surface area contributed by atoms with E-state index in [-0.39, 0.29) is 65.4 Å². The Morgan fingerprint density at radius 3 is 2.22 bits per heavy atom. The summed E-state index contributed by atoms with van der Waals surface area (Å²) < 4.78 is 165. The highest BCUT2D eigenvalue weighted by Crippen LogP contribution is 2.61. The highest BCUT2D eigenvalue weighted by Gasteiger charge is 2.66. The van der Waals surface area contributed by atoms with E-state index in [2.05, 4.69) is 20.3 Å². The number of sulfonamides is 1. The van der Waals surface area contributed by atoms with Gasteiger partial charge in [0, 0.05) is 17.8 Å². The number of hydrogen-bond acceptors (Lipinski definition) is 9. The van der Waals surface area contributed by atoms with Gasteiger partial charge in [0.15, 0.2) is 5.82 Å². The van der Waals surface area contributed by atoms with Crippen LogP contribution in [0.15, 0.2) is 53.6 Å². The zero-order valence-electron chi connectivity index (χ0n) is 24.7. The summed E-state index contributed by atoms with van der Waals surface area (Å²) in [7, 11) is -8.60. The molecule has 1 saturated carbocycles. The molecule has 49 heavy (non-hydrogen) atoms. The van der Waals surface area contributed by atoms with Crippen LogP contribution in [0.3, 0.4) is 0 Å². The summed E-state index contributed by atoms with van der Waals surface area (Å²) in [4.78, 5) is 10.8. The van der Waals surface area contributed by atoms with Crippen LogP contribution in [0.1, 0.15) is 36.3 Å².